The third kappa shape index (κ3) is 2.70. The molecule has 0 spiro atoms. The Bertz CT molecular complexity index is 461. The third-order valence-corrected chi connectivity index (χ3v) is 3.59. The molecule has 2 aromatic heterocycles. The Kier molecular flexibility index (Phi) is 3.23. The van der Waals surface area contributed by atoms with Crippen molar-refractivity contribution in [2.75, 3.05) is 5.73 Å². The van der Waals surface area contributed by atoms with Crippen molar-refractivity contribution >= 4 is 33.4 Å². The van der Waals surface area contributed by atoms with Crippen molar-refractivity contribution in [3.63, 3.8) is 0 Å². The Morgan fingerprint density at radius 3 is 2.67 bits per heavy atom. The first kappa shape index (κ1) is 10.4. The Labute approximate surface area is 100 Å². The van der Waals surface area contributed by atoms with Gasteiger partial charge < -0.3 is 5.73 Å². The van der Waals surface area contributed by atoms with Crippen LogP contribution in [0.15, 0.2) is 51.2 Å². The van der Waals surface area contributed by atoms with Gasteiger partial charge in [-0.1, -0.05) is 11.8 Å². The molecule has 0 bridgehead atoms. The van der Waals surface area contributed by atoms with Crippen molar-refractivity contribution < 1.29 is 0 Å². The molecule has 0 aliphatic carbocycles. The lowest BCUT2D eigenvalue weighted by molar-refractivity contribution is 1.11. The molecule has 15 heavy (non-hydrogen) atoms. The van der Waals surface area contributed by atoms with E-state index in [0.717, 1.165) is 14.4 Å². The number of hydrogen-bond acceptors (Lipinski definition) is 4. The van der Waals surface area contributed by atoms with Gasteiger partial charge >= 0.3 is 0 Å². The van der Waals surface area contributed by atoms with Crippen molar-refractivity contribution in [3.8, 4) is 0 Å². The van der Waals surface area contributed by atoms with Gasteiger partial charge in [0.2, 0.25) is 0 Å². The molecule has 0 amide bonds. The number of rotatable bonds is 2. The van der Waals surface area contributed by atoms with Crippen molar-refractivity contribution in [2.45, 2.75) is 9.92 Å². The lowest BCUT2D eigenvalue weighted by atomic mass is 10.4. The van der Waals surface area contributed by atoms with Gasteiger partial charge in [0, 0.05) is 17.3 Å². The van der Waals surface area contributed by atoms with Gasteiger partial charge in [-0.05, 0) is 34.1 Å². The predicted octanol–water partition coefficient (Wildman–Crippen LogP) is 2.97. The molecule has 0 aromatic carbocycles. The fraction of sp³-hybridized carbons (Fsp3) is 0. The average Bonchev–Trinajstić information content (AvgIpc) is 2.24. The lowest BCUT2D eigenvalue weighted by Gasteiger charge is -2.03. The second-order valence-electron chi connectivity index (χ2n) is 2.84. The zero-order valence-electron chi connectivity index (χ0n) is 7.72. The zero-order valence-corrected chi connectivity index (χ0v) is 10.1. The highest BCUT2D eigenvalue weighted by Gasteiger charge is 2.03. The van der Waals surface area contributed by atoms with E-state index in [4.69, 9.17) is 5.73 Å². The fourth-order valence-corrected chi connectivity index (χ4v) is 2.39. The summed E-state index contributed by atoms with van der Waals surface area (Å²) < 4.78 is 0.907. The Balaban J connectivity index is 2.25. The van der Waals surface area contributed by atoms with E-state index >= 15 is 0 Å². The number of nitrogens with zero attached hydrogens (tertiary/aromatic N) is 2. The van der Waals surface area contributed by atoms with Gasteiger partial charge in [-0.25, -0.2) is 4.98 Å². The quantitative estimate of drug-likeness (QED) is 0.920. The van der Waals surface area contributed by atoms with Crippen LogP contribution in [0.25, 0.3) is 0 Å². The van der Waals surface area contributed by atoms with Crippen LogP contribution in [0.4, 0.5) is 5.69 Å². The van der Waals surface area contributed by atoms with Crippen LogP contribution >= 0.6 is 27.7 Å². The molecule has 0 aliphatic rings. The maximum Gasteiger partial charge on any atom is 0.115 e. The Morgan fingerprint density at radius 2 is 2.00 bits per heavy atom. The molecule has 0 saturated heterocycles. The molecule has 0 saturated carbocycles. The van der Waals surface area contributed by atoms with Crippen LogP contribution in [0.3, 0.4) is 0 Å². The summed E-state index contributed by atoms with van der Waals surface area (Å²) in [6, 6.07) is 5.72. The molecule has 3 nitrogen and oxygen atoms in total. The molecule has 2 rings (SSSR count). The van der Waals surface area contributed by atoms with E-state index in [2.05, 4.69) is 25.9 Å². The first-order chi connectivity index (χ1) is 7.25. The minimum Gasteiger partial charge on any atom is -0.397 e. The number of nitrogen functional groups attached to an aromatic ring is 1. The van der Waals surface area contributed by atoms with Crippen LogP contribution < -0.4 is 5.73 Å². The van der Waals surface area contributed by atoms with Gasteiger partial charge in [0.05, 0.1) is 16.4 Å². The standard InChI is InChI=1S/C10H8BrN3S/c11-9-5-7(12)6-14-10(9)15-8-1-3-13-4-2-8/h1-6H,12H2. The van der Waals surface area contributed by atoms with Gasteiger partial charge in [-0.2, -0.15) is 0 Å². The molecule has 0 radical (unpaired) electrons. The minimum atomic E-state index is 0.654. The van der Waals surface area contributed by atoms with Gasteiger partial charge in [0.25, 0.3) is 0 Å². The highest BCUT2D eigenvalue weighted by molar-refractivity contribution is 9.10. The number of hydrogen-bond donors (Lipinski definition) is 1. The van der Waals surface area contributed by atoms with E-state index in [9.17, 15) is 0 Å². The first-order valence-corrected chi connectivity index (χ1v) is 5.85. The normalized spacial score (nSPS) is 10.2. The van der Waals surface area contributed by atoms with Crippen molar-refractivity contribution in [3.05, 3.63) is 41.3 Å². The number of nitrogens with two attached hydrogens (primary N) is 1. The maximum absolute atomic E-state index is 5.61. The molecule has 0 atom stereocenters. The Hall–Kier alpha value is -1.07. The molecule has 2 aromatic rings. The number of anilines is 1. The minimum absolute atomic E-state index is 0.654. The van der Waals surface area contributed by atoms with Crippen LogP contribution in [0, 0.1) is 0 Å². The third-order valence-electron chi connectivity index (χ3n) is 1.69. The summed E-state index contributed by atoms with van der Waals surface area (Å²) in [6.07, 6.45) is 5.16. The molecule has 2 N–H and O–H groups in total. The van der Waals surface area contributed by atoms with Gasteiger partial charge in [-0.3, -0.25) is 4.98 Å². The summed E-state index contributed by atoms with van der Waals surface area (Å²) in [7, 11) is 0. The monoisotopic (exact) mass is 281 g/mol. The van der Waals surface area contributed by atoms with Crippen LogP contribution in [-0.4, -0.2) is 9.97 Å². The van der Waals surface area contributed by atoms with Gasteiger partial charge in [0.1, 0.15) is 5.03 Å². The van der Waals surface area contributed by atoms with E-state index in [1.54, 1.807) is 30.4 Å². The zero-order chi connectivity index (χ0) is 10.7. The summed E-state index contributed by atoms with van der Waals surface area (Å²) in [5, 5.41) is 0.899. The molecular weight excluding hydrogens is 274 g/mol. The highest BCUT2D eigenvalue weighted by atomic mass is 79.9. The smallest absolute Gasteiger partial charge is 0.115 e. The SMILES string of the molecule is Nc1cnc(Sc2ccncc2)c(Br)c1. The van der Waals surface area contributed by atoms with Crippen LogP contribution in [0.1, 0.15) is 0 Å². The second-order valence-corrected chi connectivity index (χ2v) is 4.76. The topological polar surface area (TPSA) is 51.8 Å². The van der Waals surface area contributed by atoms with E-state index in [1.807, 2.05) is 18.2 Å². The summed E-state index contributed by atoms with van der Waals surface area (Å²) in [4.78, 5) is 9.30. The summed E-state index contributed by atoms with van der Waals surface area (Å²) >= 11 is 4.99. The van der Waals surface area contributed by atoms with Crippen LogP contribution in [-0.2, 0) is 0 Å². The highest BCUT2D eigenvalue weighted by Crippen LogP contribution is 2.31. The molecule has 0 unspecified atom stereocenters. The van der Waals surface area contributed by atoms with Crippen LogP contribution in [0.2, 0.25) is 0 Å². The maximum atomic E-state index is 5.61. The fourth-order valence-electron chi connectivity index (χ4n) is 1.03. The van der Waals surface area contributed by atoms with E-state index in [1.165, 1.54) is 0 Å². The number of halogens is 1. The molecular formula is C10H8BrN3S. The molecule has 0 fully saturated rings. The molecule has 5 heteroatoms. The molecule has 0 aliphatic heterocycles. The summed E-state index contributed by atoms with van der Waals surface area (Å²) in [5.41, 5.74) is 6.26. The second kappa shape index (κ2) is 4.63. The van der Waals surface area contributed by atoms with Crippen molar-refractivity contribution in [1.82, 2.24) is 9.97 Å². The number of aromatic nitrogens is 2. The van der Waals surface area contributed by atoms with Crippen LogP contribution in [0.5, 0.6) is 0 Å². The molecule has 2 heterocycles. The van der Waals surface area contributed by atoms with Crippen molar-refractivity contribution in [2.24, 2.45) is 0 Å². The van der Waals surface area contributed by atoms with Gasteiger partial charge in [0.15, 0.2) is 0 Å². The van der Waals surface area contributed by atoms with E-state index < -0.39 is 0 Å². The number of pyridine rings is 2. The Morgan fingerprint density at radius 1 is 1.27 bits per heavy atom. The van der Waals surface area contributed by atoms with E-state index in [-0.39, 0.29) is 0 Å². The largest absolute Gasteiger partial charge is 0.397 e. The average molecular weight is 282 g/mol. The summed E-state index contributed by atoms with van der Waals surface area (Å²) in [5.74, 6) is 0. The van der Waals surface area contributed by atoms with Crippen molar-refractivity contribution in [1.29, 1.82) is 0 Å². The lowest BCUT2D eigenvalue weighted by Crippen LogP contribution is -1.88. The molecule has 76 valence electrons. The van der Waals surface area contributed by atoms with Gasteiger partial charge in [-0.15, -0.1) is 0 Å². The first-order valence-electron chi connectivity index (χ1n) is 4.24. The van der Waals surface area contributed by atoms with E-state index in [0.29, 0.717) is 5.69 Å². The predicted molar refractivity (Wildman–Crippen MR) is 64.7 cm³/mol. The summed E-state index contributed by atoms with van der Waals surface area (Å²) in [6.45, 7) is 0.